The van der Waals surface area contributed by atoms with Gasteiger partial charge < -0.3 is 4.90 Å². The second-order valence-corrected chi connectivity index (χ2v) is 5.72. The summed E-state index contributed by atoms with van der Waals surface area (Å²) in [4.78, 5) is 24.3. The van der Waals surface area contributed by atoms with Gasteiger partial charge in [0.05, 0.1) is 6.04 Å². The van der Waals surface area contributed by atoms with Gasteiger partial charge in [-0.3, -0.25) is 15.0 Å². The molecule has 1 atom stereocenters. The Morgan fingerprint density at radius 1 is 1.17 bits per heavy atom. The first-order valence-corrected chi connectivity index (χ1v) is 7.52. The minimum atomic E-state index is -0.290. The van der Waals surface area contributed by atoms with E-state index in [1.54, 1.807) is 18.5 Å². The van der Waals surface area contributed by atoms with Crippen LogP contribution in [-0.4, -0.2) is 48.0 Å². The lowest BCUT2D eigenvalue weighted by Crippen LogP contribution is -2.39. The minimum absolute atomic E-state index is 0.123. The molecule has 2 rings (SSSR count). The fourth-order valence-electron chi connectivity index (χ4n) is 2.14. The monoisotopic (exact) mass is 313 g/mol. The van der Waals surface area contributed by atoms with Crippen LogP contribution in [0.1, 0.15) is 12.5 Å². The van der Waals surface area contributed by atoms with Crippen molar-refractivity contribution in [2.45, 2.75) is 19.5 Å². The van der Waals surface area contributed by atoms with E-state index in [0.717, 1.165) is 11.3 Å². The number of nitrogens with one attached hydrogen (secondary N) is 1. The molecule has 1 unspecified atom stereocenters. The third kappa shape index (κ3) is 4.75. The quantitative estimate of drug-likeness (QED) is 0.884. The molecule has 1 heterocycles. The first-order chi connectivity index (χ1) is 11.0. The summed E-state index contributed by atoms with van der Waals surface area (Å²) in [5.41, 5.74) is 2.31. The number of likely N-dealkylation sites (N-methyl/N-ethyl adjacent to an activating group) is 1. The number of anilines is 2. The lowest BCUT2D eigenvalue weighted by atomic mass is 10.1. The zero-order valence-electron chi connectivity index (χ0n) is 14.0. The van der Waals surface area contributed by atoms with Gasteiger partial charge in [-0.2, -0.15) is 0 Å². The van der Waals surface area contributed by atoms with Gasteiger partial charge in [-0.1, -0.05) is 12.1 Å². The number of amides is 1. The van der Waals surface area contributed by atoms with Crippen molar-refractivity contribution in [1.82, 2.24) is 14.9 Å². The Kier molecular flexibility index (Phi) is 5.65. The van der Waals surface area contributed by atoms with E-state index in [4.69, 9.17) is 0 Å². The third-order valence-corrected chi connectivity index (χ3v) is 3.70. The van der Waals surface area contributed by atoms with Crippen LogP contribution in [0.5, 0.6) is 0 Å². The molecule has 0 radical (unpaired) electrons. The Balaban J connectivity index is 1.98. The number of rotatable bonds is 6. The van der Waals surface area contributed by atoms with Crippen molar-refractivity contribution in [2.24, 2.45) is 0 Å². The first-order valence-electron chi connectivity index (χ1n) is 7.52. The van der Waals surface area contributed by atoms with Gasteiger partial charge in [0.1, 0.15) is 0 Å². The molecule has 0 bridgehead atoms. The molecule has 122 valence electrons. The fourth-order valence-corrected chi connectivity index (χ4v) is 2.14. The molecule has 1 aromatic carbocycles. The van der Waals surface area contributed by atoms with Gasteiger partial charge in [-0.25, -0.2) is 9.97 Å². The van der Waals surface area contributed by atoms with Crippen molar-refractivity contribution in [3.05, 3.63) is 48.3 Å². The number of hydrogen-bond acceptors (Lipinski definition) is 5. The third-order valence-electron chi connectivity index (χ3n) is 3.70. The standard InChI is InChI=1S/C17H23N5O/c1-13(16(23)20-17-18-9-6-10-19-17)22(4)12-14-7-5-8-15(11-14)21(2)3/h5-11,13H,12H2,1-4H3,(H,18,19,20,23). The maximum Gasteiger partial charge on any atom is 0.243 e. The Labute approximate surface area is 137 Å². The molecule has 0 spiro atoms. The van der Waals surface area contributed by atoms with E-state index in [2.05, 4.69) is 38.4 Å². The average Bonchev–Trinajstić information content (AvgIpc) is 2.55. The van der Waals surface area contributed by atoms with Crippen LogP contribution in [0.3, 0.4) is 0 Å². The minimum Gasteiger partial charge on any atom is -0.378 e. The van der Waals surface area contributed by atoms with Crippen molar-refractivity contribution in [3.8, 4) is 0 Å². The van der Waals surface area contributed by atoms with Gasteiger partial charge in [0.15, 0.2) is 0 Å². The molecule has 1 N–H and O–H groups in total. The molecule has 2 aromatic rings. The summed E-state index contributed by atoms with van der Waals surface area (Å²) in [6.45, 7) is 2.56. The predicted octanol–water partition coefficient (Wildman–Crippen LogP) is 2.00. The van der Waals surface area contributed by atoms with E-state index in [1.807, 2.05) is 39.0 Å². The molecule has 0 saturated heterocycles. The van der Waals surface area contributed by atoms with E-state index in [-0.39, 0.29) is 11.9 Å². The molecular weight excluding hydrogens is 290 g/mol. The number of benzene rings is 1. The Morgan fingerprint density at radius 2 is 1.87 bits per heavy atom. The van der Waals surface area contributed by atoms with E-state index in [0.29, 0.717) is 12.5 Å². The van der Waals surface area contributed by atoms with Gasteiger partial charge in [0.2, 0.25) is 11.9 Å². The van der Waals surface area contributed by atoms with Crippen LogP contribution in [0.4, 0.5) is 11.6 Å². The summed E-state index contributed by atoms with van der Waals surface area (Å²) < 4.78 is 0. The number of hydrogen-bond donors (Lipinski definition) is 1. The van der Waals surface area contributed by atoms with E-state index < -0.39 is 0 Å². The molecule has 0 aliphatic rings. The first kappa shape index (κ1) is 16.9. The molecule has 0 aliphatic carbocycles. The van der Waals surface area contributed by atoms with Crippen LogP contribution >= 0.6 is 0 Å². The molecule has 0 fully saturated rings. The summed E-state index contributed by atoms with van der Waals surface area (Å²) in [6, 6.07) is 9.70. The van der Waals surface area contributed by atoms with Crippen LogP contribution < -0.4 is 10.2 Å². The van der Waals surface area contributed by atoms with Gasteiger partial charge in [0.25, 0.3) is 0 Å². The zero-order valence-corrected chi connectivity index (χ0v) is 14.0. The second kappa shape index (κ2) is 7.69. The van der Waals surface area contributed by atoms with Gasteiger partial charge in [0, 0.05) is 38.7 Å². The highest BCUT2D eigenvalue weighted by Gasteiger charge is 2.19. The van der Waals surface area contributed by atoms with Crippen molar-refractivity contribution in [1.29, 1.82) is 0 Å². The smallest absolute Gasteiger partial charge is 0.243 e. The largest absolute Gasteiger partial charge is 0.378 e. The summed E-state index contributed by atoms with van der Waals surface area (Å²) in [5, 5.41) is 2.73. The highest BCUT2D eigenvalue weighted by Crippen LogP contribution is 2.15. The number of nitrogens with zero attached hydrogens (tertiary/aromatic N) is 4. The van der Waals surface area contributed by atoms with Gasteiger partial charge in [-0.15, -0.1) is 0 Å². The van der Waals surface area contributed by atoms with Gasteiger partial charge in [-0.05, 0) is 37.7 Å². The second-order valence-electron chi connectivity index (χ2n) is 5.72. The molecule has 23 heavy (non-hydrogen) atoms. The van der Waals surface area contributed by atoms with Crippen LogP contribution in [0, 0.1) is 0 Å². The molecule has 6 nitrogen and oxygen atoms in total. The normalized spacial score (nSPS) is 12.0. The summed E-state index contributed by atoms with van der Waals surface area (Å²) in [5.74, 6) is 0.204. The topological polar surface area (TPSA) is 61.4 Å². The predicted molar refractivity (Wildman–Crippen MR) is 92.4 cm³/mol. The lowest BCUT2D eigenvalue weighted by Gasteiger charge is -2.24. The van der Waals surface area contributed by atoms with Gasteiger partial charge >= 0.3 is 0 Å². The molecule has 1 amide bonds. The van der Waals surface area contributed by atoms with Crippen molar-refractivity contribution < 1.29 is 4.79 Å². The Hall–Kier alpha value is -2.47. The average molecular weight is 313 g/mol. The van der Waals surface area contributed by atoms with Crippen molar-refractivity contribution in [2.75, 3.05) is 31.4 Å². The zero-order chi connectivity index (χ0) is 16.8. The lowest BCUT2D eigenvalue weighted by molar-refractivity contribution is -0.120. The highest BCUT2D eigenvalue weighted by molar-refractivity contribution is 5.92. The summed E-state index contributed by atoms with van der Waals surface area (Å²) >= 11 is 0. The van der Waals surface area contributed by atoms with E-state index in [9.17, 15) is 4.79 Å². The van der Waals surface area contributed by atoms with E-state index >= 15 is 0 Å². The highest BCUT2D eigenvalue weighted by atomic mass is 16.2. The Morgan fingerprint density at radius 3 is 2.52 bits per heavy atom. The van der Waals surface area contributed by atoms with Crippen LogP contribution in [-0.2, 0) is 11.3 Å². The number of carbonyl (C=O) groups is 1. The number of aromatic nitrogens is 2. The maximum atomic E-state index is 12.3. The van der Waals surface area contributed by atoms with E-state index in [1.165, 1.54) is 0 Å². The van der Waals surface area contributed by atoms with Crippen LogP contribution in [0.15, 0.2) is 42.7 Å². The SMILES string of the molecule is CC(C(=O)Nc1ncccn1)N(C)Cc1cccc(N(C)C)c1. The van der Waals surface area contributed by atoms with Crippen molar-refractivity contribution >= 4 is 17.5 Å². The number of carbonyl (C=O) groups excluding carboxylic acids is 1. The fraction of sp³-hybridized carbons (Fsp3) is 0.353. The Bertz CT molecular complexity index is 644. The molecule has 0 aliphatic heterocycles. The maximum absolute atomic E-state index is 12.3. The molecule has 1 aromatic heterocycles. The molecule has 0 saturated carbocycles. The summed E-state index contributed by atoms with van der Waals surface area (Å²) in [6.07, 6.45) is 3.20. The van der Waals surface area contributed by atoms with Crippen LogP contribution in [0.25, 0.3) is 0 Å². The molecular formula is C17H23N5O. The van der Waals surface area contributed by atoms with Crippen LogP contribution in [0.2, 0.25) is 0 Å². The van der Waals surface area contributed by atoms with Crippen molar-refractivity contribution in [3.63, 3.8) is 0 Å². The molecule has 6 heteroatoms. The summed E-state index contributed by atoms with van der Waals surface area (Å²) in [7, 11) is 5.95.